The molecule has 0 aromatic heterocycles. The minimum atomic E-state index is -4.68. The standard InChI is InChI=1S/C30H41N3O17S/c1-17(2)14-33(51(45,46)21-11-9-20(31)10-12-21)15-23(47-16-18(3)34)22(13-19-7-5-4-6-8-19)32-24(35)48-27(39)25(36)26(37,38)28(40,41)49-30(25,44)50-29(27,42)43/h4-12,17,22-23,36-44H,13-16,31H2,1-3H3,(H,32,35). The van der Waals surface area contributed by atoms with Crippen LogP contribution >= 0.6 is 0 Å². The molecule has 21 heteroatoms. The summed E-state index contributed by atoms with van der Waals surface area (Å²) < 4.78 is 47.5. The van der Waals surface area contributed by atoms with E-state index >= 15 is 0 Å². The first-order valence-electron chi connectivity index (χ1n) is 15.3. The van der Waals surface area contributed by atoms with Crippen molar-refractivity contribution in [3.8, 4) is 0 Å². The van der Waals surface area contributed by atoms with E-state index in [2.05, 4.69) is 19.5 Å². The van der Waals surface area contributed by atoms with Gasteiger partial charge in [0, 0.05) is 18.8 Å². The predicted molar refractivity (Wildman–Crippen MR) is 167 cm³/mol. The Labute approximate surface area is 290 Å². The van der Waals surface area contributed by atoms with Crippen molar-refractivity contribution in [1.29, 1.82) is 0 Å². The largest absolute Gasteiger partial charge is 0.410 e. The molecule has 284 valence electrons. The van der Waals surface area contributed by atoms with Crippen LogP contribution < -0.4 is 11.1 Å². The number of rotatable bonds is 14. The van der Waals surface area contributed by atoms with Gasteiger partial charge in [0.15, 0.2) is 5.78 Å². The number of nitrogens with one attached hydrogen (secondary N) is 1. The highest BCUT2D eigenvalue weighted by atomic mass is 32.2. The van der Waals surface area contributed by atoms with Crippen LogP contribution in [0.15, 0.2) is 59.5 Å². The summed E-state index contributed by atoms with van der Waals surface area (Å²) in [6.45, 7) is 3.37. The second-order valence-corrected chi connectivity index (χ2v) is 14.6. The van der Waals surface area contributed by atoms with Crippen LogP contribution in [0.3, 0.4) is 0 Å². The third kappa shape index (κ3) is 7.19. The quantitative estimate of drug-likeness (QED) is 0.0654. The van der Waals surface area contributed by atoms with Gasteiger partial charge < -0.3 is 66.5 Å². The molecule has 20 nitrogen and oxygen atoms in total. The van der Waals surface area contributed by atoms with Gasteiger partial charge in [0.25, 0.3) is 11.4 Å². The molecule has 5 unspecified atom stereocenters. The van der Waals surface area contributed by atoms with Gasteiger partial charge in [-0.05, 0) is 49.1 Å². The number of alkyl carbamates (subject to hydrolysis) is 1. The maximum absolute atomic E-state index is 13.9. The Bertz CT molecular complexity index is 1690. The maximum atomic E-state index is 13.9. The van der Waals surface area contributed by atoms with Gasteiger partial charge in [-0.1, -0.05) is 44.2 Å². The number of sulfonamides is 1. The number of hydrogen-bond donors (Lipinski definition) is 11. The fourth-order valence-corrected chi connectivity index (χ4v) is 7.24. The predicted octanol–water partition coefficient (Wildman–Crippen LogP) is -3.69. The van der Waals surface area contributed by atoms with Crippen molar-refractivity contribution in [3.63, 3.8) is 0 Å². The third-order valence-corrected chi connectivity index (χ3v) is 10.0. The lowest BCUT2D eigenvalue weighted by atomic mass is 9.83. The topological polar surface area (TPSA) is 329 Å². The third-order valence-electron chi connectivity index (χ3n) is 8.17. The number of carbonyl (C=O) groups is 2. The molecule has 2 aliphatic heterocycles. The molecule has 5 atom stereocenters. The molecule has 0 saturated carbocycles. The molecule has 2 saturated heterocycles. The molecule has 2 heterocycles. The SMILES string of the molecule is CC(=O)COC(CN(CC(C)C)S(=O)(=O)c1ccc(N)cc1)C(Cc1ccccc1)NC(=O)OC1(O)C(O)(O)OC2(O)OC(O)(O)C(O)(O)C21O. The Morgan fingerprint density at radius 2 is 1.45 bits per heavy atom. The Hall–Kier alpha value is -3.39. The van der Waals surface area contributed by atoms with Crippen LogP contribution in [0, 0.1) is 5.92 Å². The number of ketones is 1. The Morgan fingerprint density at radius 3 is 2.00 bits per heavy atom. The molecule has 12 N–H and O–H groups in total. The monoisotopic (exact) mass is 747 g/mol. The smallest absolute Gasteiger partial charge is 0.404 e. The molecule has 4 rings (SSSR count). The summed E-state index contributed by atoms with van der Waals surface area (Å²) in [5, 5.41) is 96.2. The van der Waals surface area contributed by atoms with Gasteiger partial charge in [-0.3, -0.25) is 14.3 Å². The van der Waals surface area contributed by atoms with Crippen LogP contribution in [0.1, 0.15) is 26.3 Å². The molecule has 51 heavy (non-hydrogen) atoms. The number of nitrogens with two attached hydrogens (primary N) is 1. The van der Waals surface area contributed by atoms with Crippen molar-refractivity contribution < 1.29 is 82.9 Å². The van der Waals surface area contributed by atoms with Gasteiger partial charge in [0.1, 0.15) is 6.61 Å². The van der Waals surface area contributed by atoms with Crippen molar-refractivity contribution in [2.45, 2.75) is 79.3 Å². The first-order valence-corrected chi connectivity index (χ1v) is 16.7. The highest BCUT2D eigenvalue weighted by molar-refractivity contribution is 7.89. The summed E-state index contributed by atoms with van der Waals surface area (Å²) in [6.07, 6.45) is -3.63. The number of Topliss-reactive ketones (excluding diaryl/α,β-unsaturated/α-hetero) is 1. The van der Waals surface area contributed by atoms with E-state index in [-0.39, 0.29) is 29.5 Å². The maximum Gasteiger partial charge on any atom is 0.410 e. The zero-order valence-corrected chi connectivity index (χ0v) is 28.3. The Morgan fingerprint density at radius 1 is 0.882 bits per heavy atom. The number of fused-ring (bicyclic) bond motifs is 1. The first-order chi connectivity index (χ1) is 23.3. The number of carbonyl (C=O) groups excluding carboxylic acids is 2. The average molecular weight is 748 g/mol. The summed E-state index contributed by atoms with van der Waals surface area (Å²) in [5.41, 5.74) is 1.90. The number of benzene rings is 2. The zero-order valence-electron chi connectivity index (χ0n) is 27.5. The van der Waals surface area contributed by atoms with Crippen LogP contribution in [0.5, 0.6) is 0 Å². The van der Waals surface area contributed by atoms with E-state index in [0.717, 1.165) is 4.31 Å². The van der Waals surface area contributed by atoms with Crippen LogP contribution in [0.25, 0.3) is 0 Å². The Kier molecular flexibility index (Phi) is 11.0. The first kappa shape index (κ1) is 40.4. The molecule has 2 aliphatic rings. The van der Waals surface area contributed by atoms with Crippen molar-refractivity contribution in [3.05, 3.63) is 60.2 Å². The van der Waals surface area contributed by atoms with E-state index in [1.54, 1.807) is 44.2 Å². The van der Waals surface area contributed by atoms with Crippen LogP contribution in [0.2, 0.25) is 0 Å². The number of ether oxygens (including phenoxy) is 4. The van der Waals surface area contributed by atoms with Gasteiger partial charge in [0.05, 0.1) is 17.0 Å². The summed E-state index contributed by atoms with van der Waals surface area (Å²) in [4.78, 5) is 25.4. The van der Waals surface area contributed by atoms with Crippen LogP contribution in [0.4, 0.5) is 10.5 Å². The summed E-state index contributed by atoms with van der Waals surface area (Å²) in [6, 6.07) is 11.9. The summed E-state index contributed by atoms with van der Waals surface area (Å²) in [7, 11) is -4.31. The minimum absolute atomic E-state index is 0.103. The van der Waals surface area contributed by atoms with E-state index < -0.39 is 82.3 Å². The van der Waals surface area contributed by atoms with Gasteiger partial charge >= 0.3 is 29.8 Å². The molecule has 2 fully saturated rings. The highest BCUT2D eigenvalue weighted by Crippen LogP contribution is 2.61. The number of anilines is 1. The molecule has 0 bridgehead atoms. The van der Waals surface area contributed by atoms with Crippen molar-refractivity contribution in [2.24, 2.45) is 5.92 Å². The fourth-order valence-electron chi connectivity index (χ4n) is 5.62. The van der Waals surface area contributed by atoms with Gasteiger partial charge in [-0.25, -0.2) is 13.2 Å². The molecule has 2 aromatic carbocycles. The molecule has 0 aliphatic carbocycles. The molecule has 2 aromatic rings. The summed E-state index contributed by atoms with van der Waals surface area (Å²) in [5.74, 6) is -23.2. The van der Waals surface area contributed by atoms with Crippen molar-refractivity contribution in [2.75, 3.05) is 25.4 Å². The van der Waals surface area contributed by atoms with E-state index in [0.29, 0.717) is 5.56 Å². The highest BCUT2D eigenvalue weighted by Gasteiger charge is 2.98. The molecule has 1 amide bonds. The van der Waals surface area contributed by atoms with Crippen LogP contribution in [-0.4, -0.2) is 137 Å². The number of nitrogen functional groups attached to an aromatic ring is 1. The van der Waals surface area contributed by atoms with Crippen LogP contribution in [-0.2, 0) is 40.2 Å². The normalized spacial score (nSPS) is 27.6. The Balaban J connectivity index is 1.75. The number of amides is 1. The van der Waals surface area contributed by atoms with E-state index in [9.17, 15) is 64.0 Å². The lowest BCUT2D eigenvalue weighted by Gasteiger charge is -2.43. The molecular formula is C30H41N3O17S. The van der Waals surface area contributed by atoms with Gasteiger partial charge in [-0.2, -0.15) is 4.31 Å². The van der Waals surface area contributed by atoms with E-state index in [1.807, 2.05) is 0 Å². The number of aliphatic hydroxyl groups is 9. The van der Waals surface area contributed by atoms with Gasteiger partial charge in [-0.15, -0.1) is 0 Å². The fraction of sp³-hybridized carbons (Fsp3) is 0.533. The summed E-state index contributed by atoms with van der Waals surface area (Å²) >= 11 is 0. The van der Waals surface area contributed by atoms with Crippen molar-refractivity contribution >= 4 is 27.6 Å². The molecule has 0 radical (unpaired) electrons. The lowest BCUT2D eigenvalue weighted by molar-refractivity contribution is -0.530. The average Bonchev–Trinajstić information content (AvgIpc) is 3.19. The second-order valence-electron chi connectivity index (χ2n) is 12.7. The van der Waals surface area contributed by atoms with Crippen molar-refractivity contribution in [1.82, 2.24) is 9.62 Å². The minimum Gasteiger partial charge on any atom is -0.404 e. The second kappa shape index (κ2) is 13.9. The number of hydrogen-bond acceptors (Lipinski definition) is 18. The zero-order chi connectivity index (χ0) is 38.4. The lowest BCUT2D eigenvalue weighted by Crippen LogP contribution is -2.78. The number of nitrogens with zero attached hydrogens (tertiary/aromatic N) is 1. The van der Waals surface area contributed by atoms with E-state index in [1.165, 1.54) is 31.2 Å². The van der Waals surface area contributed by atoms with E-state index in [4.69, 9.17) is 10.5 Å². The van der Waals surface area contributed by atoms with Gasteiger partial charge in [0.2, 0.25) is 10.0 Å². The molecular weight excluding hydrogens is 706 g/mol. The molecule has 0 spiro atoms.